The van der Waals surface area contributed by atoms with Crippen molar-refractivity contribution in [2.75, 3.05) is 5.75 Å². The van der Waals surface area contributed by atoms with E-state index in [4.69, 9.17) is 4.55 Å². The first-order valence-corrected chi connectivity index (χ1v) is 7.19. The van der Waals surface area contributed by atoms with Gasteiger partial charge in [-0.15, -0.1) is 0 Å². The van der Waals surface area contributed by atoms with Gasteiger partial charge in [-0.2, -0.15) is 8.42 Å². The first kappa shape index (κ1) is 12.2. The first-order valence-electron chi connectivity index (χ1n) is 5.58. The fourth-order valence-electron chi connectivity index (χ4n) is 3.34. The lowest BCUT2D eigenvalue weighted by Crippen LogP contribution is -2.31. The minimum atomic E-state index is -4.59. The third-order valence-corrected chi connectivity index (χ3v) is 4.63. The van der Waals surface area contributed by atoms with Crippen molar-refractivity contribution in [1.82, 2.24) is 0 Å². The van der Waals surface area contributed by atoms with Crippen LogP contribution in [-0.2, 0) is 10.1 Å². The number of hydrogen-bond acceptors (Lipinski definition) is 2. The SMILES string of the molecule is O=S(=O)(O)CC(F)(F)CC1CC2CCC1C2. The number of rotatable bonds is 4. The molecule has 1 N–H and O–H groups in total. The Hall–Kier alpha value is -0.230. The fourth-order valence-corrected chi connectivity index (χ4v) is 3.99. The molecule has 0 radical (unpaired) electrons. The lowest BCUT2D eigenvalue weighted by Gasteiger charge is -2.25. The van der Waals surface area contributed by atoms with E-state index in [2.05, 4.69) is 0 Å². The second kappa shape index (κ2) is 3.91. The molecule has 0 aromatic heterocycles. The van der Waals surface area contributed by atoms with Gasteiger partial charge in [0.1, 0.15) is 5.75 Å². The van der Waals surface area contributed by atoms with E-state index >= 15 is 0 Å². The standard InChI is InChI=1S/C10H16F2O3S/c11-10(12,6-16(13,14)15)5-9-4-7-1-2-8(9)3-7/h7-9H,1-6H2,(H,13,14,15). The van der Waals surface area contributed by atoms with E-state index in [-0.39, 0.29) is 5.92 Å². The predicted octanol–water partition coefficient (Wildman–Crippen LogP) is 2.34. The van der Waals surface area contributed by atoms with Crippen molar-refractivity contribution in [3.05, 3.63) is 0 Å². The number of halogens is 2. The topological polar surface area (TPSA) is 54.4 Å². The highest BCUT2D eigenvalue weighted by Crippen LogP contribution is 2.51. The molecule has 3 unspecified atom stereocenters. The summed E-state index contributed by atoms with van der Waals surface area (Å²) >= 11 is 0. The van der Waals surface area contributed by atoms with Crippen LogP contribution >= 0.6 is 0 Å². The van der Waals surface area contributed by atoms with E-state index in [1.807, 2.05) is 0 Å². The van der Waals surface area contributed by atoms with Gasteiger partial charge in [0, 0.05) is 6.42 Å². The van der Waals surface area contributed by atoms with Crippen LogP contribution in [0.3, 0.4) is 0 Å². The lowest BCUT2D eigenvalue weighted by molar-refractivity contribution is -0.00914. The minimum absolute atomic E-state index is 0.0597. The lowest BCUT2D eigenvalue weighted by atomic mass is 9.85. The predicted molar refractivity (Wildman–Crippen MR) is 54.9 cm³/mol. The molecule has 2 aliphatic rings. The van der Waals surface area contributed by atoms with Crippen molar-refractivity contribution in [2.45, 2.75) is 38.0 Å². The maximum atomic E-state index is 13.4. The van der Waals surface area contributed by atoms with E-state index in [1.165, 1.54) is 0 Å². The highest BCUT2D eigenvalue weighted by molar-refractivity contribution is 7.85. The number of alkyl halides is 2. The molecular formula is C10H16F2O3S. The fraction of sp³-hybridized carbons (Fsp3) is 1.00. The molecule has 0 aliphatic heterocycles. The zero-order valence-electron chi connectivity index (χ0n) is 8.90. The molecule has 2 fully saturated rings. The molecule has 3 nitrogen and oxygen atoms in total. The van der Waals surface area contributed by atoms with Crippen molar-refractivity contribution in [3.63, 3.8) is 0 Å². The van der Waals surface area contributed by atoms with Gasteiger partial charge in [0.25, 0.3) is 16.0 Å². The molecule has 0 amide bonds. The zero-order chi connectivity index (χ0) is 12.0. The molecule has 3 atom stereocenters. The summed E-state index contributed by atoms with van der Waals surface area (Å²) in [6.07, 6.45) is 3.55. The van der Waals surface area contributed by atoms with Gasteiger partial charge in [0.05, 0.1) is 0 Å². The van der Waals surface area contributed by atoms with Crippen LogP contribution in [0.4, 0.5) is 8.78 Å². The van der Waals surface area contributed by atoms with Gasteiger partial charge in [-0.25, -0.2) is 8.78 Å². The van der Waals surface area contributed by atoms with Crippen molar-refractivity contribution in [3.8, 4) is 0 Å². The molecule has 2 aliphatic carbocycles. The normalized spacial score (nSPS) is 34.6. The monoisotopic (exact) mass is 254 g/mol. The molecule has 94 valence electrons. The first-order chi connectivity index (χ1) is 7.25. The Morgan fingerprint density at radius 2 is 1.94 bits per heavy atom. The van der Waals surface area contributed by atoms with Crippen LogP contribution in [0.5, 0.6) is 0 Å². The van der Waals surface area contributed by atoms with Gasteiger partial charge < -0.3 is 0 Å². The number of hydrogen-bond donors (Lipinski definition) is 1. The van der Waals surface area contributed by atoms with Crippen LogP contribution in [0.25, 0.3) is 0 Å². The Bertz CT molecular complexity index is 366. The Morgan fingerprint density at radius 3 is 2.38 bits per heavy atom. The van der Waals surface area contributed by atoms with Crippen LogP contribution in [0.1, 0.15) is 32.1 Å². The minimum Gasteiger partial charge on any atom is -0.285 e. The summed E-state index contributed by atoms with van der Waals surface area (Å²) in [5, 5.41) is 0. The quantitative estimate of drug-likeness (QED) is 0.783. The van der Waals surface area contributed by atoms with Gasteiger partial charge in [-0.05, 0) is 37.0 Å². The van der Waals surface area contributed by atoms with E-state index < -0.39 is 28.2 Å². The Balaban J connectivity index is 1.94. The Morgan fingerprint density at radius 1 is 1.25 bits per heavy atom. The van der Waals surface area contributed by atoms with E-state index in [9.17, 15) is 17.2 Å². The maximum absolute atomic E-state index is 13.4. The molecule has 0 saturated heterocycles. The van der Waals surface area contributed by atoms with E-state index in [0.29, 0.717) is 11.8 Å². The largest absolute Gasteiger partial charge is 0.285 e. The molecule has 2 saturated carbocycles. The molecule has 0 heterocycles. The Labute approximate surface area is 94.0 Å². The molecule has 0 aromatic rings. The molecular weight excluding hydrogens is 238 g/mol. The van der Waals surface area contributed by atoms with Crippen molar-refractivity contribution in [2.24, 2.45) is 17.8 Å². The zero-order valence-corrected chi connectivity index (χ0v) is 9.72. The maximum Gasteiger partial charge on any atom is 0.270 e. The van der Waals surface area contributed by atoms with Crippen LogP contribution < -0.4 is 0 Å². The average molecular weight is 254 g/mol. The van der Waals surface area contributed by atoms with Gasteiger partial charge in [-0.3, -0.25) is 4.55 Å². The van der Waals surface area contributed by atoms with Gasteiger partial charge in [-0.1, -0.05) is 6.42 Å². The molecule has 0 spiro atoms. The summed E-state index contributed by atoms with van der Waals surface area (Å²) in [6, 6.07) is 0. The van der Waals surface area contributed by atoms with Crippen molar-refractivity contribution >= 4 is 10.1 Å². The summed E-state index contributed by atoms with van der Waals surface area (Å²) in [5.74, 6) is -3.87. The van der Waals surface area contributed by atoms with Crippen LogP contribution in [-0.4, -0.2) is 24.6 Å². The summed E-state index contributed by atoms with van der Waals surface area (Å²) in [4.78, 5) is 0. The third kappa shape index (κ3) is 2.91. The van der Waals surface area contributed by atoms with Crippen molar-refractivity contribution in [1.29, 1.82) is 0 Å². The molecule has 6 heteroatoms. The van der Waals surface area contributed by atoms with Crippen molar-refractivity contribution < 1.29 is 21.8 Å². The van der Waals surface area contributed by atoms with Gasteiger partial charge in [0.15, 0.2) is 0 Å². The smallest absolute Gasteiger partial charge is 0.270 e. The summed E-state index contributed by atoms with van der Waals surface area (Å²) in [5.41, 5.74) is 0. The molecule has 16 heavy (non-hydrogen) atoms. The van der Waals surface area contributed by atoms with Crippen LogP contribution in [0.2, 0.25) is 0 Å². The Kier molecular flexibility index (Phi) is 2.99. The van der Waals surface area contributed by atoms with Gasteiger partial charge in [0.2, 0.25) is 0 Å². The van der Waals surface area contributed by atoms with Gasteiger partial charge >= 0.3 is 0 Å². The summed E-state index contributed by atoms with van der Waals surface area (Å²) in [6.45, 7) is 0. The highest BCUT2D eigenvalue weighted by Gasteiger charge is 2.45. The molecule has 2 rings (SSSR count). The summed E-state index contributed by atoms with van der Waals surface area (Å²) in [7, 11) is -4.59. The number of fused-ring (bicyclic) bond motifs is 2. The van der Waals surface area contributed by atoms with E-state index in [0.717, 1.165) is 25.7 Å². The molecule has 2 bridgehead atoms. The second-order valence-corrected chi connectivity index (χ2v) is 6.67. The average Bonchev–Trinajstić information content (AvgIpc) is 2.57. The molecule has 0 aromatic carbocycles. The third-order valence-electron chi connectivity index (χ3n) is 3.84. The van der Waals surface area contributed by atoms with E-state index in [1.54, 1.807) is 0 Å². The van der Waals surface area contributed by atoms with Crippen LogP contribution in [0, 0.1) is 17.8 Å². The van der Waals surface area contributed by atoms with Crippen LogP contribution in [0.15, 0.2) is 0 Å². The highest BCUT2D eigenvalue weighted by atomic mass is 32.2. The second-order valence-electron chi connectivity index (χ2n) is 5.22. The summed E-state index contributed by atoms with van der Waals surface area (Å²) < 4.78 is 56.1.